The predicted octanol–water partition coefficient (Wildman–Crippen LogP) is 4.26. The Morgan fingerprint density at radius 1 is 1.04 bits per heavy atom. The third-order valence-electron chi connectivity index (χ3n) is 3.17. The van der Waals surface area contributed by atoms with Crippen LogP contribution in [-0.2, 0) is 4.74 Å². The van der Waals surface area contributed by atoms with Gasteiger partial charge in [-0.1, -0.05) is 29.3 Å². The maximum absolute atomic E-state index is 12.9. The molecule has 0 unspecified atom stereocenters. The lowest BCUT2D eigenvalue weighted by molar-refractivity contribution is 0.103. The van der Waals surface area contributed by atoms with Crippen LogP contribution in [0.3, 0.4) is 0 Å². The number of benzene rings is 2. The standard InChI is InChI=1S/C17H16Cl2O4/c1-21-8-9-23-15-7-6-11(22-2)10-12(15)17(20)16-13(18)4-3-5-14(16)19/h3-7,10H,8-9H2,1-2H3. The first kappa shape index (κ1) is 17.6. The highest BCUT2D eigenvalue weighted by molar-refractivity contribution is 6.41. The van der Waals surface area contributed by atoms with E-state index in [0.29, 0.717) is 30.3 Å². The number of carbonyl (C=O) groups excluding carboxylic acids is 1. The van der Waals surface area contributed by atoms with Crippen molar-refractivity contribution in [1.29, 1.82) is 0 Å². The number of hydrogen-bond acceptors (Lipinski definition) is 4. The first-order chi connectivity index (χ1) is 11.1. The van der Waals surface area contributed by atoms with Crippen molar-refractivity contribution in [2.24, 2.45) is 0 Å². The quantitative estimate of drug-likeness (QED) is 0.550. The summed E-state index contributed by atoms with van der Waals surface area (Å²) < 4.78 is 15.8. The van der Waals surface area contributed by atoms with Crippen molar-refractivity contribution < 1.29 is 19.0 Å². The molecule has 2 aromatic carbocycles. The second-order valence-corrected chi connectivity index (χ2v) is 5.44. The summed E-state index contributed by atoms with van der Waals surface area (Å²) in [4.78, 5) is 12.9. The van der Waals surface area contributed by atoms with Crippen LogP contribution in [0, 0.1) is 0 Å². The fraction of sp³-hybridized carbons (Fsp3) is 0.235. The van der Waals surface area contributed by atoms with Gasteiger partial charge in [-0.15, -0.1) is 0 Å². The number of halogens is 2. The van der Waals surface area contributed by atoms with Gasteiger partial charge in [-0.3, -0.25) is 4.79 Å². The van der Waals surface area contributed by atoms with Gasteiger partial charge in [-0.25, -0.2) is 0 Å². The molecule has 122 valence electrons. The average Bonchev–Trinajstić information content (AvgIpc) is 2.55. The minimum Gasteiger partial charge on any atom is -0.497 e. The molecule has 0 saturated heterocycles. The monoisotopic (exact) mass is 354 g/mol. The zero-order valence-corrected chi connectivity index (χ0v) is 14.3. The predicted molar refractivity (Wildman–Crippen MR) is 90.3 cm³/mol. The van der Waals surface area contributed by atoms with Crippen molar-refractivity contribution in [2.45, 2.75) is 0 Å². The van der Waals surface area contributed by atoms with Crippen molar-refractivity contribution in [3.05, 3.63) is 57.6 Å². The SMILES string of the molecule is COCCOc1ccc(OC)cc1C(=O)c1c(Cl)cccc1Cl. The Kier molecular flexibility index (Phi) is 6.28. The molecule has 23 heavy (non-hydrogen) atoms. The third kappa shape index (κ3) is 4.16. The summed E-state index contributed by atoms with van der Waals surface area (Å²) in [6, 6.07) is 9.91. The van der Waals surface area contributed by atoms with Gasteiger partial charge in [-0.05, 0) is 30.3 Å². The molecule has 0 saturated carbocycles. The summed E-state index contributed by atoms with van der Waals surface area (Å²) in [5, 5.41) is 0.571. The highest BCUT2D eigenvalue weighted by Crippen LogP contribution is 2.32. The maximum atomic E-state index is 12.9. The summed E-state index contributed by atoms with van der Waals surface area (Å²) in [6.07, 6.45) is 0. The molecule has 6 heteroatoms. The molecule has 0 fully saturated rings. The molecule has 0 aliphatic heterocycles. The van der Waals surface area contributed by atoms with Crippen LogP contribution in [-0.4, -0.2) is 33.2 Å². The Labute approximate surface area is 144 Å². The van der Waals surface area contributed by atoms with E-state index in [1.807, 2.05) is 0 Å². The minimum absolute atomic E-state index is 0.237. The van der Waals surface area contributed by atoms with Crippen molar-refractivity contribution >= 4 is 29.0 Å². The summed E-state index contributed by atoms with van der Waals surface area (Å²) in [5.74, 6) is 0.631. The van der Waals surface area contributed by atoms with Crippen molar-refractivity contribution in [1.82, 2.24) is 0 Å². The van der Waals surface area contributed by atoms with Gasteiger partial charge in [0.1, 0.15) is 18.1 Å². The molecule has 0 aliphatic carbocycles. The molecular weight excluding hydrogens is 339 g/mol. The number of ketones is 1. The Bertz CT molecular complexity index is 681. The Balaban J connectivity index is 2.44. The lowest BCUT2D eigenvalue weighted by Gasteiger charge is -2.13. The molecular formula is C17H16Cl2O4. The molecule has 0 heterocycles. The first-order valence-corrected chi connectivity index (χ1v) is 7.62. The molecule has 2 rings (SSSR count). The zero-order chi connectivity index (χ0) is 16.8. The normalized spacial score (nSPS) is 10.4. The van der Waals surface area contributed by atoms with Gasteiger partial charge in [-0.2, -0.15) is 0 Å². The van der Waals surface area contributed by atoms with Crippen molar-refractivity contribution in [3.63, 3.8) is 0 Å². The number of rotatable bonds is 7. The zero-order valence-electron chi connectivity index (χ0n) is 12.8. The summed E-state index contributed by atoms with van der Waals surface area (Å²) >= 11 is 12.3. The number of carbonyl (C=O) groups is 1. The summed E-state index contributed by atoms with van der Waals surface area (Å²) in [5.41, 5.74) is 0.566. The minimum atomic E-state index is -0.327. The van der Waals surface area contributed by atoms with Gasteiger partial charge in [0.15, 0.2) is 5.78 Å². The van der Waals surface area contributed by atoms with Crippen molar-refractivity contribution in [3.8, 4) is 11.5 Å². The molecule has 2 aromatic rings. The largest absolute Gasteiger partial charge is 0.497 e. The lowest BCUT2D eigenvalue weighted by Crippen LogP contribution is -2.10. The molecule has 0 atom stereocenters. The van der Waals surface area contributed by atoms with E-state index in [2.05, 4.69) is 0 Å². The summed E-state index contributed by atoms with van der Waals surface area (Å²) in [6.45, 7) is 0.728. The topological polar surface area (TPSA) is 44.8 Å². The molecule has 0 amide bonds. The molecule has 0 aliphatic rings. The first-order valence-electron chi connectivity index (χ1n) is 6.87. The lowest BCUT2D eigenvalue weighted by atomic mass is 10.0. The van der Waals surface area contributed by atoms with Crippen LogP contribution in [0.1, 0.15) is 15.9 Å². The number of methoxy groups -OCH3 is 2. The number of ether oxygens (including phenoxy) is 3. The Morgan fingerprint density at radius 3 is 2.35 bits per heavy atom. The van der Waals surface area contributed by atoms with E-state index >= 15 is 0 Å². The van der Waals surface area contributed by atoms with Crippen LogP contribution in [0.4, 0.5) is 0 Å². The fourth-order valence-electron chi connectivity index (χ4n) is 2.02. The van der Waals surface area contributed by atoms with E-state index in [9.17, 15) is 4.79 Å². The van der Waals surface area contributed by atoms with Gasteiger partial charge in [0.05, 0.1) is 34.9 Å². The van der Waals surface area contributed by atoms with Gasteiger partial charge >= 0.3 is 0 Å². The van der Waals surface area contributed by atoms with E-state index in [1.54, 1.807) is 43.5 Å². The third-order valence-corrected chi connectivity index (χ3v) is 3.80. The Hall–Kier alpha value is -1.75. The van der Waals surface area contributed by atoms with E-state index in [4.69, 9.17) is 37.4 Å². The van der Waals surface area contributed by atoms with Gasteiger partial charge < -0.3 is 14.2 Å². The summed E-state index contributed by atoms with van der Waals surface area (Å²) in [7, 11) is 3.10. The van der Waals surface area contributed by atoms with E-state index in [0.717, 1.165) is 0 Å². The average molecular weight is 355 g/mol. The van der Waals surface area contributed by atoms with Crippen LogP contribution in [0.5, 0.6) is 11.5 Å². The second kappa shape index (κ2) is 8.20. The van der Waals surface area contributed by atoms with E-state index in [-0.39, 0.29) is 21.4 Å². The highest BCUT2D eigenvalue weighted by atomic mass is 35.5. The molecule has 0 spiro atoms. The van der Waals surface area contributed by atoms with Crippen LogP contribution in [0.15, 0.2) is 36.4 Å². The molecule has 0 radical (unpaired) electrons. The van der Waals surface area contributed by atoms with Gasteiger partial charge in [0.2, 0.25) is 0 Å². The van der Waals surface area contributed by atoms with Crippen LogP contribution >= 0.6 is 23.2 Å². The fourth-order valence-corrected chi connectivity index (χ4v) is 2.59. The second-order valence-electron chi connectivity index (χ2n) is 4.63. The smallest absolute Gasteiger partial charge is 0.199 e. The van der Waals surface area contributed by atoms with Crippen LogP contribution in [0.2, 0.25) is 10.0 Å². The Morgan fingerprint density at radius 2 is 1.74 bits per heavy atom. The van der Waals surface area contributed by atoms with Crippen LogP contribution < -0.4 is 9.47 Å². The van der Waals surface area contributed by atoms with Gasteiger partial charge in [0, 0.05) is 7.11 Å². The maximum Gasteiger partial charge on any atom is 0.199 e. The van der Waals surface area contributed by atoms with Gasteiger partial charge in [0.25, 0.3) is 0 Å². The van der Waals surface area contributed by atoms with Crippen LogP contribution in [0.25, 0.3) is 0 Å². The molecule has 0 aromatic heterocycles. The molecule has 0 bridgehead atoms. The van der Waals surface area contributed by atoms with E-state index in [1.165, 1.54) is 7.11 Å². The number of hydrogen-bond donors (Lipinski definition) is 0. The molecule has 0 N–H and O–H groups in total. The molecule has 4 nitrogen and oxygen atoms in total. The van der Waals surface area contributed by atoms with Crippen molar-refractivity contribution in [2.75, 3.05) is 27.4 Å². The van der Waals surface area contributed by atoms with E-state index < -0.39 is 0 Å². The highest BCUT2D eigenvalue weighted by Gasteiger charge is 2.21.